The van der Waals surface area contributed by atoms with E-state index in [2.05, 4.69) is 73.7 Å². The second-order valence-electron chi connectivity index (χ2n) is 5.58. The van der Waals surface area contributed by atoms with Crippen LogP contribution in [0.25, 0.3) is 11.1 Å². The summed E-state index contributed by atoms with van der Waals surface area (Å²) >= 11 is 0. The summed E-state index contributed by atoms with van der Waals surface area (Å²) in [6.07, 6.45) is 1.75. The fourth-order valence-corrected chi connectivity index (χ4v) is 3.26. The largest absolute Gasteiger partial charge is 0.468 e. The molecular formula is C20H16O. The fourth-order valence-electron chi connectivity index (χ4n) is 3.26. The highest BCUT2D eigenvalue weighted by molar-refractivity contribution is 6.18. The molecule has 0 unspecified atom stereocenters. The van der Waals surface area contributed by atoms with Crippen molar-refractivity contribution in [1.29, 1.82) is 0 Å². The third-order valence-electron chi connectivity index (χ3n) is 4.33. The van der Waals surface area contributed by atoms with E-state index in [4.69, 9.17) is 4.42 Å². The van der Waals surface area contributed by atoms with Crippen molar-refractivity contribution < 1.29 is 4.42 Å². The van der Waals surface area contributed by atoms with Crippen LogP contribution in [-0.4, -0.2) is 0 Å². The maximum Gasteiger partial charge on any atom is 0.118 e. The van der Waals surface area contributed by atoms with Crippen LogP contribution in [0, 0.1) is 0 Å². The number of allylic oxidation sites excluding steroid dienone is 2. The fraction of sp³-hybridized carbons (Fsp3) is 0.100. The van der Waals surface area contributed by atoms with Crippen molar-refractivity contribution in [3.63, 3.8) is 0 Å². The van der Waals surface area contributed by atoms with E-state index in [1.807, 2.05) is 6.07 Å². The molecule has 3 aromatic rings. The zero-order chi connectivity index (χ0) is 14.3. The first-order chi connectivity index (χ1) is 10.3. The van der Waals surface area contributed by atoms with E-state index in [-0.39, 0.29) is 5.41 Å². The van der Waals surface area contributed by atoms with Crippen LogP contribution in [-0.2, 0) is 5.41 Å². The molecule has 0 N–H and O–H groups in total. The summed E-state index contributed by atoms with van der Waals surface area (Å²) in [6, 6.07) is 25.2. The van der Waals surface area contributed by atoms with Gasteiger partial charge in [-0.05, 0) is 41.3 Å². The lowest BCUT2D eigenvalue weighted by Crippen LogP contribution is -2.06. The van der Waals surface area contributed by atoms with E-state index in [0.717, 1.165) is 5.76 Å². The molecule has 1 heteroatoms. The molecule has 0 saturated carbocycles. The van der Waals surface area contributed by atoms with Crippen molar-refractivity contribution in [1.82, 2.24) is 0 Å². The Balaban J connectivity index is 1.88. The van der Waals surface area contributed by atoms with Gasteiger partial charge in [-0.3, -0.25) is 0 Å². The van der Waals surface area contributed by atoms with Gasteiger partial charge in [-0.25, -0.2) is 0 Å². The quantitative estimate of drug-likeness (QED) is 0.641. The van der Waals surface area contributed by atoms with Crippen molar-refractivity contribution in [3.8, 4) is 0 Å². The molecule has 0 bridgehead atoms. The Labute approximate surface area is 124 Å². The van der Waals surface area contributed by atoms with Crippen LogP contribution in [0.15, 0.2) is 83.5 Å². The van der Waals surface area contributed by atoms with Crippen LogP contribution >= 0.6 is 0 Å². The minimum atomic E-state index is -0.119. The second-order valence-corrected chi connectivity index (χ2v) is 5.58. The Morgan fingerprint density at radius 3 is 1.62 bits per heavy atom. The number of benzene rings is 2. The SMILES string of the molecule is CC1(c2ccco2)C(c2ccccc2)=C1c1ccccc1. The molecule has 0 atom stereocenters. The van der Waals surface area contributed by atoms with Crippen molar-refractivity contribution in [2.75, 3.05) is 0 Å². The first-order valence-electron chi connectivity index (χ1n) is 7.22. The summed E-state index contributed by atoms with van der Waals surface area (Å²) in [5, 5.41) is 0. The molecule has 4 rings (SSSR count). The zero-order valence-corrected chi connectivity index (χ0v) is 11.9. The van der Waals surface area contributed by atoms with E-state index >= 15 is 0 Å². The van der Waals surface area contributed by atoms with Gasteiger partial charge in [0.1, 0.15) is 5.76 Å². The highest BCUT2D eigenvalue weighted by Crippen LogP contribution is 2.64. The summed E-state index contributed by atoms with van der Waals surface area (Å²) < 4.78 is 5.72. The first kappa shape index (κ1) is 12.2. The molecule has 1 aliphatic carbocycles. The summed E-state index contributed by atoms with van der Waals surface area (Å²) in [5.41, 5.74) is 5.16. The summed E-state index contributed by atoms with van der Waals surface area (Å²) in [7, 11) is 0. The van der Waals surface area contributed by atoms with E-state index in [9.17, 15) is 0 Å². The predicted molar refractivity (Wildman–Crippen MR) is 85.8 cm³/mol. The Morgan fingerprint density at radius 1 is 0.667 bits per heavy atom. The smallest absolute Gasteiger partial charge is 0.118 e. The van der Waals surface area contributed by atoms with Crippen molar-refractivity contribution in [2.24, 2.45) is 0 Å². The normalized spacial score (nSPS) is 16.0. The first-order valence-corrected chi connectivity index (χ1v) is 7.22. The lowest BCUT2D eigenvalue weighted by Gasteiger charge is -2.11. The van der Waals surface area contributed by atoms with Gasteiger partial charge >= 0.3 is 0 Å². The minimum Gasteiger partial charge on any atom is -0.468 e. The lowest BCUT2D eigenvalue weighted by atomic mass is 9.92. The minimum absolute atomic E-state index is 0.119. The van der Waals surface area contributed by atoms with E-state index in [1.54, 1.807) is 6.26 Å². The maximum atomic E-state index is 5.72. The Bertz CT molecular complexity index is 731. The monoisotopic (exact) mass is 272 g/mol. The molecule has 1 nitrogen and oxygen atoms in total. The molecule has 0 saturated heterocycles. The van der Waals surface area contributed by atoms with Gasteiger partial charge in [0.05, 0.1) is 11.7 Å². The number of rotatable bonds is 3. The Kier molecular flexibility index (Phi) is 2.61. The van der Waals surface area contributed by atoms with Crippen LogP contribution in [0.2, 0.25) is 0 Å². The van der Waals surface area contributed by atoms with Crippen molar-refractivity contribution >= 4 is 11.1 Å². The zero-order valence-electron chi connectivity index (χ0n) is 11.9. The number of hydrogen-bond donors (Lipinski definition) is 0. The number of hydrogen-bond acceptors (Lipinski definition) is 1. The highest BCUT2D eigenvalue weighted by Gasteiger charge is 2.53. The summed E-state index contributed by atoms with van der Waals surface area (Å²) in [5.74, 6) is 1.01. The lowest BCUT2D eigenvalue weighted by molar-refractivity contribution is 0.487. The second kappa shape index (κ2) is 4.49. The van der Waals surface area contributed by atoms with E-state index < -0.39 is 0 Å². The molecule has 0 aliphatic heterocycles. The van der Waals surface area contributed by atoms with Gasteiger partial charge in [0.25, 0.3) is 0 Å². The van der Waals surface area contributed by atoms with Gasteiger partial charge in [0.15, 0.2) is 0 Å². The van der Waals surface area contributed by atoms with E-state index in [1.165, 1.54) is 22.3 Å². The Morgan fingerprint density at radius 2 is 1.19 bits per heavy atom. The standard InChI is InChI=1S/C20H16O/c1-20(17-13-8-14-21-17)18(15-9-4-2-5-10-15)19(20)16-11-6-3-7-12-16/h2-14H,1H3. The van der Waals surface area contributed by atoms with Crippen LogP contribution in [0.1, 0.15) is 23.8 Å². The van der Waals surface area contributed by atoms with Gasteiger partial charge in [-0.15, -0.1) is 0 Å². The third kappa shape index (κ3) is 1.78. The van der Waals surface area contributed by atoms with E-state index in [0.29, 0.717) is 0 Å². The molecule has 0 spiro atoms. The van der Waals surface area contributed by atoms with Gasteiger partial charge < -0.3 is 4.42 Å². The Hall–Kier alpha value is -2.54. The third-order valence-corrected chi connectivity index (χ3v) is 4.33. The maximum absolute atomic E-state index is 5.72. The van der Waals surface area contributed by atoms with Crippen molar-refractivity contribution in [3.05, 3.63) is 95.9 Å². The van der Waals surface area contributed by atoms with Gasteiger partial charge in [-0.1, -0.05) is 60.7 Å². The molecular weight excluding hydrogens is 256 g/mol. The molecule has 0 fully saturated rings. The molecule has 102 valence electrons. The van der Waals surface area contributed by atoms with Crippen molar-refractivity contribution in [2.45, 2.75) is 12.3 Å². The summed E-state index contributed by atoms with van der Waals surface area (Å²) in [4.78, 5) is 0. The van der Waals surface area contributed by atoms with Crippen LogP contribution in [0.3, 0.4) is 0 Å². The predicted octanol–water partition coefficient (Wildman–Crippen LogP) is 5.16. The summed E-state index contributed by atoms with van der Waals surface area (Å²) in [6.45, 7) is 2.25. The molecule has 21 heavy (non-hydrogen) atoms. The topological polar surface area (TPSA) is 13.1 Å². The number of furan rings is 1. The van der Waals surface area contributed by atoms with Crippen LogP contribution < -0.4 is 0 Å². The average molecular weight is 272 g/mol. The van der Waals surface area contributed by atoms with Gasteiger partial charge in [-0.2, -0.15) is 0 Å². The van der Waals surface area contributed by atoms with Crippen LogP contribution in [0.5, 0.6) is 0 Å². The molecule has 1 heterocycles. The molecule has 2 aromatic carbocycles. The highest BCUT2D eigenvalue weighted by atomic mass is 16.3. The molecule has 1 aromatic heterocycles. The molecule has 0 radical (unpaired) electrons. The van der Waals surface area contributed by atoms with Gasteiger partial charge in [0, 0.05) is 0 Å². The van der Waals surface area contributed by atoms with Gasteiger partial charge in [0.2, 0.25) is 0 Å². The van der Waals surface area contributed by atoms with Crippen LogP contribution in [0.4, 0.5) is 0 Å². The molecule has 0 amide bonds. The average Bonchev–Trinajstić information content (AvgIpc) is 2.91. The molecule has 1 aliphatic rings.